The first-order chi connectivity index (χ1) is 6.76. The predicted octanol–water partition coefficient (Wildman–Crippen LogP) is -0.116. The number of rotatable bonds is 7. The second-order valence-corrected chi connectivity index (χ2v) is 2.99. The van der Waals surface area contributed by atoms with Gasteiger partial charge in [0, 0.05) is 27.2 Å². The van der Waals surface area contributed by atoms with Crippen LogP contribution in [0.3, 0.4) is 0 Å². The fraction of sp³-hybridized carbons (Fsp3) is 0.889. The van der Waals surface area contributed by atoms with Crippen molar-refractivity contribution in [2.24, 2.45) is 0 Å². The van der Waals surface area contributed by atoms with E-state index in [2.05, 4.69) is 10.6 Å². The Balaban J connectivity index is 3.78. The Morgan fingerprint density at radius 2 is 2.07 bits per heavy atom. The zero-order valence-corrected chi connectivity index (χ0v) is 9.30. The number of ether oxygens (including phenoxy) is 1. The van der Waals surface area contributed by atoms with Crippen molar-refractivity contribution in [2.75, 3.05) is 47.4 Å². The van der Waals surface area contributed by atoms with Crippen LogP contribution in [0, 0.1) is 0 Å². The van der Waals surface area contributed by atoms with Crippen molar-refractivity contribution in [1.82, 2.24) is 15.5 Å². The van der Waals surface area contributed by atoms with E-state index in [-0.39, 0.29) is 6.03 Å². The molecule has 0 saturated heterocycles. The van der Waals surface area contributed by atoms with Gasteiger partial charge in [0.05, 0.1) is 6.61 Å². The molecule has 0 aromatic rings. The lowest BCUT2D eigenvalue weighted by Crippen LogP contribution is -2.41. The van der Waals surface area contributed by atoms with Crippen LogP contribution in [0.4, 0.5) is 4.79 Å². The Kier molecular flexibility index (Phi) is 8.27. The van der Waals surface area contributed by atoms with Crippen molar-refractivity contribution in [2.45, 2.75) is 6.42 Å². The number of hydrogen-bond donors (Lipinski definition) is 2. The minimum atomic E-state index is -0.0434. The first kappa shape index (κ1) is 13.2. The molecule has 14 heavy (non-hydrogen) atoms. The highest BCUT2D eigenvalue weighted by molar-refractivity contribution is 5.73. The van der Waals surface area contributed by atoms with Crippen molar-refractivity contribution in [3.05, 3.63) is 0 Å². The first-order valence-electron chi connectivity index (χ1n) is 4.86. The smallest absolute Gasteiger partial charge is 0.317 e. The first-order valence-corrected chi connectivity index (χ1v) is 4.86. The molecule has 0 saturated carbocycles. The average Bonchev–Trinajstić information content (AvgIpc) is 2.22. The van der Waals surface area contributed by atoms with Gasteiger partial charge >= 0.3 is 6.03 Å². The number of methoxy groups -OCH3 is 1. The molecular weight excluding hydrogens is 182 g/mol. The molecule has 84 valence electrons. The van der Waals surface area contributed by atoms with Gasteiger partial charge in [-0.05, 0) is 20.0 Å². The maximum Gasteiger partial charge on any atom is 0.317 e. The van der Waals surface area contributed by atoms with E-state index < -0.39 is 0 Å². The summed E-state index contributed by atoms with van der Waals surface area (Å²) in [6, 6.07) is -0.0434. The van der Waals surface area contributed by atoms with E-state index in [1.807, 2.05) is 7.05 Å². The lowest BCUT2D eigenvalue weighted by molar-refractivity contribution is 0.149. The van der Waals surface area contributed by atoms with Gasteiger partial charge in [-0.25, -0.2) is 4.79 Å². The summed E-state index contributed by atoms with van der Waals surface area (Å²) < 4.78 is 4.94. The van der Waals surface area contributed by atoms with E-state index in [0.717, 1.165) is 19.5 Å². The Labute approximate surface area is 85.8 Å². The van der Waals surface area contributed by atoms with Crippen molar-refractivity contribution >= 4 is 6.03 Å². The monoisotopic (exact) mass is 203 g/mol. The highest BCUT2D eigenvalue weighted by atomic mass is 16.5. The van der Waals surface area contributed by atoms with Gasteiger partial charge in [0.2, 0.25) is 0 Å². The SMILES string of the molecule is CNCCCN(CCOC)C(=O)NC. The van der Waals surface area contributed by atoms with Gasteiger partial charge in [0.1, 0.15) is 0 Å². The van der Waals surface area contributed by atoms with Gasteiger partial charge in [-0.2, -0.15) is 0 Å². The number of urea groups is 1. The highest BCUT2D eigenvalue weighted by Gasteiger charge is 2.09. The van der Waals surface area contributed by atoms with Gasteiger partial charge in [0.15, 0.2) is 0 Å². The fourth-order valence-electron chi connectivity index (χ4n) is 1.12. The summed E-state index contributed by atoms with van der Waals surface area (Å²) in [5.74, 6) is 0. The van der Waals surface area contributed by atoms with Gasteiger partial charge in [-0.1, -0.05) is 0 Å². The topological polar surface area (TPSA) is 53.6 Å². The van der Waals surface area contributed by atoms with Crippen LogP contribution >= 0.6 is 0 Å². The summed E-state index contributed by atoms with van der Waals surface area (Å²) in [6.45, 7) is 2.89. The molecule has 0 rings (SSSR count). The van der Waals surface area contributed by atoms with Gasteiger partial charge in [-0.15, -0.1) is 0 Å². The molecule has 5 heteroatoms. The van der Waals surface area contributed by atoms with E-state index in [9.17, 15) is 4.79 Å². The number of hydrogen-bond acceptors (Lipinski definition) is 3. The molecule has 0 atom stereocenters. The zero-order valence-electron chi connectivity index (χ0n) is 9.30. The average molecular weight is 203 g/mol. The van der Waals surface area contributed by atoms with Crippen molar-refractivity contribution in [3.63, 3.8) is 0 Å². The quantitative estimate of drug-likeness (QED) is 0.567. The van der Waals surface area contributed by atoms with Crippen LogP contribution in [0.2, 0.25) is 0 Å². The summed E-state index contributed by atoms with van der Waals surface area (Å²) in [6.07, 6.45) is 0.952. The lowest BCUT2D eigenvalue weighted by Gasteiger charge is -2.21. The van der Waals surface area contributed by atoms with E-state index in [1.165, 1.54) is 0 Å². The normalized spacial score (nSPS) is 9.93. The standard InChI is InChI=1S/C9H21N3O2/c1-10-5-4-6-12(7-8-14-3)9(13)11-2/h10H,4-8H2,1-3H3,(H,11,13). The molecule has 0 aliphatic carbocycles. The van der Waals surface area contributed by atoms with Crippen LogP contribution in [-0.2, 0) is 4.74 Å². The van der Waals surface area contributed by atoms with Crippen LogP contribution in [-0.4, -0.2) is 58.4 Å². The maximum atomic E-state index is 11.4. The van der Waals surface area contributed by atoms with E-state index in [1.54, 1.807) is 19.1 Å². The number of nitrogens with one attached hydrogen (secondary N) is 2. The molecule has 0 fully saturated rings. The van der Waals surface area contributed by atoms with Crippen LogP contribution in [0.5, 0.6) is 0 Å². The summed E-state index contributed by atoms with van der Waals surface area (Å²) in [7, 11) is 5.18. The summed E-state index contributed by atoms with van der Waals surface area (Å²) >= 11 is 0. The molecule has 0 spiro atoms. The number of amides is 2. The van der Waals surface area contributed by atoms with Crippen molar-refractivity contribution in [1.29, 1.82) is 0 Å². The van der Waals surface area contributed by atoms with Gasteiger partial charge < -0.3 is 20.3 Å². The third kappa shape index (κ3) is 5.77. The molecule has 0 heterocycles. The van der Waals surface area contributed by atoms with Gasteiger partial charge in [-0.3, -0.25) is 0 Å². The third-order valence-corrected chi connectivity index (χ3v) is 1.92. The molecule has 0 aliphatic heterocycles. The molecule has 0 unspecified atom stereocenters. The second kappa shape index (κ2) is 8.77. The molecule has 0 aromatic heterocycles. The minimum absolute atomic E-state index is 0.0434. The predicted molar refractivity (Wildman–Crippen MR) is 56.4 cm³/mol. The lowest BCUT2D eigenvalue weighted by atomic mass is 10.4. The van der Waals surface area contributed by atoms with E-state index in [0.29, 0.717) is 13.2 Å². The van der Waals surface area contributed by atoms with E-state index in [4.69, 9.17) is 4.74 Å². The molecular formula is C9H21N3O2. The minimum Gasteiger partial charge on any atom is -0.383 e. The van der Waals surface area contributed by atoms with Crippen LogP contribution in [0.25, 0.3) is 0 Å². The zero-order chi connectivity index (χ0) is 10.8. The van der Waals surface area contributed by atoms with Gasteiger partial charge in [0.25, 0.3) is 0 Å². The Bertz CT molecular complexity index is 153. The summed E-state index contributed by atoms with van der Waals surface area (Å²) in [5, 5.41) is 5.66. The third-order valence-electron chi connectivity index (χ3n) is 1.92. The summed E-state index contributed by atoms with van der Waals surface area (Å²) in [4.78, 5) is 13.1. The van der Waals surface area contributed by atoms with Crippen LogP contribution < -0.4 is 10.6 Å². The van der Waals surface area contributed by atoms with Crippen LogP contribution in [0.15, 0.2) is 0 Å². The Morgan fingerprint density at radius 3 is 2.57 bits per heavy atom. The second-order valence-electron chi connectivity index (χ2n) is 2.99. The number of carbonyl (C=O) groups is 1. The summed E-state index contributed by atoms with van der Waals surface area (Å²) in [5.41, 5.74) is 0. The number of nitrogens with zero attached hydrogens (tertiary/aromatic N) is 1. The molecule has 2 N–H and O–H groups in total. The van der Waals surface area contributed by atoms with E-state index >= 15 is 0 Å². The fourth-order valence-corrected chi connectivity index (χ4v) is 1.12. The molecule has 0 aliphatic rings. The van der Waals surface area contributed by atoms with Crippen molar-refractivity contribution in [3.8, 4) is 0 Å². The molecule has 0 radical (unpaired) electrons. The van der Waals surface area contributed by atoms with Crippen molar-refractivity contribution < 1.29 is 9.53 Å². The molecule has 2 amide bonds. The Morgan fingerprint density at radius 1 is 1.36 bits per heavy atom. The highest BCUT2D eigenvalue weighted by Crippen LogP contribution is 1.92. The molecule has 5 nitrogen and oxygen atoms in total. The maximum absolute atomic E-state index is 11.4. The Hall–Kier alpha value is -0.810. The largest absolute Gasteiger partial charge is 0.383 e. The molecule has 0 aromatic carbocycles. The van der Waals surface area contributed by atoms with Crippen LogP contribution in [0.1, 0.15) is 6.42 Å². The number of carbonyl (C=O) groups excluding carboxylic acids is 1. The molecule has 0 bridgehead atoms.